The molecular formula is C23H22Cl2N4O4. The molecule has 0 bridgehead atoms. The fraction of sp³-hybridized carbons (Fsp3) is 0.174. The average molecular weight is 489 g/mol. The summed E-state index contributed by atoms with van der Waals surface area (Å²) < 4.78 is 12.3. The molecule has 0 aliphatic carbocycles. The maximum Gasteiger partial charge on any atom is 0.329 e. The highest BCUT2D eigenvalue weighted by Crippen LogP contribution is 2.29. The van der Waals surface area contributed by atoms with Gasteiger partial charge in [-0.1, -0.05) is 23.2 Å². The first-order chi connectivity index (χ1) is 15.7. The summed E-state index contributed by atoms with van der Waals surface area (Å²) in [6, 6.07) is 11.9. The predicted octanol–water partition coefficient (Wildman–Crippen LogP) is 4.51. The largest absolute Gasteiger partial charge is 0.497 e. The van der Waals surface area contributed by atoms with Gasteiger partial charge < -0.3 is 19.4 Å². The van der Waals surface area contributed by atoms with Gasteiger partial charge in [0.15, 0.2) is 0 Å². The Balaban J connectivity index is 1.70. The number of aryl methyl sites for hydroxylation is 1. The first kappa shape index (κ1) is 24.2. The number of hydrogen-bond donors (Lipinski definition) is 2. The third-order valence-corrected chi connectivity index (χ3v) is 5.25. The molecule has 1 aromatic heterocycles. The molecule has 10 heteroatoms. The van der Waals surface area contributed by atoms with Crippen LogP contribution in [0, 0.1) is 13.8 Å². The summed E-state index contributed by atoms with van der Waals surface area (Å²) in [5, 5.41) is 7.44. The minimum Gasteiger partial charge on any atom is -0.497 e. The van der Waals surface area contributed by atoms with Gasteiger partial charge in [-0.05, 0) is 50.2 Å². The summed E-state index contributed by atoms with van der Waals surface area (Å²) in [6.07, 6.45) is 1.46. The van der Waals surface area contributed by atoms with Crippen LogP contribution in [-0.4, -0.2) is 36.8 Å². The summed E-state index contributed by atoms with van der Waals surface area (Å²) in [4.78, 5) is 24.4. The molecule has 0 saturated heterocycles. The third-order valence-electron chi connectivity index (χ3n) is 4.81. The second-order valence-corrected chi connectivity index (χ2v) is 7.88. The second-order valence-electron chi connectivity index (χ2n) is 7.01. The lowest BCUT2D eigenvalue weighted by atomic mass is 10.2. The fourth-order valence-electron chi connectivity index (χ4n) is 3.28. The molecule has 2 N–H and O–H groups in total. The number of hydrazone groups is 1. The molecule has 1 heterocycles. The minimum absolute atomic E-state index is 0.325. The summed E-state index contributed by atoms with van der Waals surface area (Å²) >= 11 is 12.3. The van der Waals surface area contributed by atoms with Crippen molar-refractivity contribution in [3.05, 3.63) is 69.5 Å². The lowest BCUT2D eigenvalue weighted by molar-refractivity contribution is -0.136. The molecule has 0 radical (unpaired) electrons. The van der Waals surface area contributed by atoms with E-state index in [-0.39, 0.29) is 0 Å². The maximum absolute atomic E-state index is 12.2. The van der Waals surface area contributed by atoms with Crippen LogP contribution in [-0.2, 0) is 9.59 Å². The zero-order valence-electron chi connectivity index (χ0n) is 18.4. The van der Waals surface area contributed by atoms with Crippen molar-refractivity contribution in [1.82, 2.24) is 9.99 Å². The van der Waals surface area contributed by atoms with Crippen LogP contribution in [0.15, 0.2) is 47.6 Å². The van der Waals surface area contributed by atoms with E-state index in [1.165, 1.54) is 20.4 Å². The number of anilines is 1. The number of aromatic nitrogens is 1. The predicted molar refractivity (Wildman–Crippen MR) is 129 cm³/mol. The number of halogens is 2. The maximum atomic E-state index is 12.2. The highest BCUT2D eigenvalue weighted by molar-refractivity contribution is 6.39. The molecular weight excluding hydrogens is 467 g/mol. The number of methoxy groups -OCH3 is 2. The normalized spacial score (nSPS) is 10.8. The second kappa shape index (κ2) is 10.4. The molecule has 0 unspecified atom stereocenters. The number of ether oxygens (including phenoxy) is 2. The molecule has 2 aromatic carbocycles. The van der Waals surface area contributed by atoms with Crippen molar-refractivity contribution in [1.29, 1.82) is 0 Å². The molecule has 0 aliphatic rings. The highest BCUT2D eigenvalue weighted by atomic mass is 35.5. The van der Waals surface area contributed by atoms with Crippen molar-refractivity contribution in [2.24, 2.45) is 5.10 Å². The lowest BCUT2D eigenvalue weighted by Gasteiger charge is -2.11. The molecule has 0 atom stereocenters. The van der Waals surface area contributed by atoms with E-state index in [0.29, 0.717) is 27.2 Å². The van der Waals surface area contributed by atoms with E-state index in [1.54, 1.807) is 36.4 Å². The Hall–Kier alpha value is -3.49. The zero-order valence-corrected chi connectivity index (χ0v) is 19.9. The minimum atomic E-state index is -0.931. The quantitative estimate of drug-likeness (QED) is 0.303. The summed E-state index contributed by atoms with van der Waals surface area (Å²) in [6.45, 7) is 3.82. The van der Waals surface area contributed by atoms with Crippen LogP contribution in [0.2, 0.25) is 10.0 Å². The van der Waals surface area contributed by atoms with Crippen LogP contribution in [0.1, 0.15) is 17.0 Å². The van der Waals surface area contributed by atoms with Crippen LogP contribution >= 0.6 is 23.2 Å². The van der Waals surface area contributed by atoms with Gasteiger partial charge >= 0.3 is 11.8 Å². The molecule has 2 amide bonds. The van der Waals surface area contributed by atoms with E-state index in [9.17, 15) is 9.59 Å². The van der Waals surface area contributed by atoms with Crippen molar-refractivity contribution in [3.8, 4) is 17.2 Å². The molecule has 3 aromatic rings. The van der Waals surface area contributed by atoms with Crippen LogP contribution in [0.4, 0.5) is 5.69 Å². The van der Waals surface area contributed by atoms with E-state index in [2.05, 4.69) is 15.8 Å². The Kier molecular flexibility index (Phi) is 7.63. The zero-order chi connectivity index (χ0) is 24.1. The fourth-order valence-corrected chi connectivity index (χ4v) is 3.79. The first-order valence-electron chi connectivity index (χ1n) is 9.75. The van der Waals surface area contributed by atoms with E-state index < -0.39 is 11.8 Å². The molecule has 8 nitrogen and oxygen atoms in total. The number of rotatable bonds is 6. The number of nitrogens with one attached hydrogen (secondary N) is 2. The smallest absolute Gasteiger partial charge is 0.329 e. The average Bonchev–Trinajstić information content (AvgIpc) is 3.06. The Morgan fingerprint density at radius 3 is 2.30 bits per heavy atom. The van der Waals surface area contributed by atoms with Crippen molar-refractivity contribution in [3.63, 3.8) is 0 Å². The Morgan fingerprint density at radius 2 is 1.67 bits per heavy atom. The van der Waals surface area contributed by atoms with Gasteiger partial charge in [-0.3, -0.25) is 9.59 Å². The number of carbonyl (C=O) groups excluding carboxylic acids is 2. The Morgan fingerprint density at radius 1 is 0.970 bits per heavy atom. The van der Waals surface area contributed by atoms with Crippen molar-refractivity contribution in [2.75, 3.05) is 19.5 Å². The van der Waals surface area contributed by atoms with E-state index in [0.717, 1.165) is 22.6 Å². The summed E-state index contributed by atoms with van der Waals surface area (Å²) in [5.41, 5.74) is 5.88. The molecule has 0 aliphatic heterocycles. The van der Waals surface area contributed by atoms with Crippen LogP contribution < -0.4 is 20.2 Å². The molecule has 33 heavy (non-hydrogen) atoms. The van der Waals surface area contributed by atoms with E-state index in [4.69, 9.17) is 32.7 Å². The van der Waals surface area contributed by atoms with Gasteiger partial charge in [-0.25, -0.2) is 5.43 Å². The van der Waals surface area contributed by atoms with Gasteiger partial charge in [-0.15, -0.1) is 0 Å². The molecule has 0 saturated carbocycles. The number of amides is 2. The Labute approximate surface area is 201 Å². The number of hydrogen-bond acceptors (Lipinski definition) is 5. The van der Waals surface area contributed by atoms with Crippen molar-refractivity contribution < 1.29 is 19.1 Å². The van der Waals surface area contributed by atoms with E-state index in [1.807, 2.05) is 24.5 Å². The van der Waals surface area contributed by atoms with Crippen LogP contribution in [0.3, 0.4) is 0 Å². The SMILES string of the molecule is COc1ccc(NC(=O)C(=O)N/N=C\c2cc(C)n(-c3cc(Cl)cc(Cl)c3)c2C)c(OC)c1. The van der Waals surface area contributed by atoms with Gasteiger partial charge in [0.1, 0.15) is 11.5 Å². The summed E-state index contributed by atoms with van der Waals surface area (Å²) in [5.74, 6) is -0.918. The van der Waals surface area contributed by atoms with Gasteiger partial charge in [0, 0.05) is 38.8 Å². The topological polar surface area (TPSA) is 94.0 Å². The molecule has 172 valence electrons. The standard InChI is InChI=1S/C23H22Cl2N4O4/c1-13-7-15(14(2)29(13)18-9-16(24)8-17(25)10-18)12-26-28-23(31)22(30)27-20-6-5-19(32-3)11-21(20)33-4/h5-12H,1-4H3,(H,27,30)(H,28,31)/b26-12-. The van der Waals surface area contributed by atoms with Crippen LogP contribution in [0.5, 0.6) is 11.5 Å². The molecule has 0 spiro atoms. The lowest BCUT2D eigenvalue weighted by Crippen LogP contribution is -2.32. The first-order valence-corrected chi connectivity index (χ1v) is 10.5. The highest BCUT2D eigenvalue weighted by Gasteiger charge is 2.16. The van der Waals surface area contributed by atoms with Gasteiger partial charge in [0.05, 0.1) is 26.1 Å². The van der Waals surface area contributed by atoms with Crippen molar-refractivity contribution >= 4 is 46.9 Å². The van der Waals surface area contributed by atoms with Crippen molar-refractivity contribution in [2.45, 2.75) is 13.8 Å². The Bertz CT molecular complexity index is 1220. The molecule has 0 fully saturated rings. The van der Waals surface area contributed by atoms with Gasteiger partial charge in [-0.2, -0.15) is 5.10 Å². The van der Waals surface area contributed by atoms with E-state index >= 15 is 0 Å². The van der Waals surface area contributed by atoms with Gasteiger partial charge in [0.2, 0.25) is 0 Å². The molecule has 3 rings (SSSR count). The van der Waals surface area contributed by atoms with Crippen LogP contribution in [0.25, 0.3) is 5.69 Å². The number of benzene rings is 2. The number of nitrogens with zero attached hydrogens (tertiary/aromatic N) is 2. The number of carbonyl (C=O) groups is 2. The summed E-state index contributed by atoms with van der Waals surface area (Å²) in [7, 11) is 2.96. The monoisotopic (exact) mass is 488 g/mol. The van der Waals surface area contributed by atoms with Gasteiger partial charge in [0.25, 0.3) is 0 Å². The third kappa shape index (κ3) is 5.66.